The second-order valence-corrected chi connectivity index (χ2v) is 8.45. The van der Waals surface area contributed by atoms with Crippen molar-refractivity contribution in [2.24, 2.45) is 0 Å². The van der Waals surface area contributed by atoms with E-state index in [-0.39, 0.29) is 0 Å². The van der Waals surface area contributed by atoms with Crippen molar-refractivity contribution in [2.75, 3.05) is 19.6 Å². The van der Waals surface area contributed by atoms with Crippen molar-refractivity contribution in [1.82, 2.24) is 30.6 Å². The third-order valence-electron chi connectivity index (χ3n) is 6.13. The van der Waals surface area contributed by atoms with Crippen LogP contribution in [0.25, 0.3) is 11.1 Å². The highest BCUT2D eigenvalue weighted by Crippen LogP contribution is 2.30. The third-order valence-corrected chi connectivity index (χ3v) is 6.13. The van der Waals surface area contributed by atoms with Gasteiger partial charge in [-0.3, -0.25) is 0 Å². The molecule has 2 saturated heterocycles. The average Bonchev–Trinajstić information content (AvgIpc) is 3.65. The second-order valence-electron chi connectivity index (χ2n) is 8.45. The van der Waals surface area contributed by atoms with Crippen LogP contribution in [0.2, 0.25) is 0 Å². The standard InChI is InChI=1S/C22H25N5.C4H9N/c1-3-16(21-13-25-22(27-21)19-8-5-9-24-19)10-15(2)17-6-4-7-18(11-17)20-12-23-14-26-20;1-2-4-5-3-1/h3,7,10-14,19,24H,1-2,4-6,8-9H2,(H,23,26)(H,25,27);5H,1-4H2/b16-10+;. The smallest absolute Gasteiger partial charge is 0.123 e. The Labute approximate surface area is 190 Å². The van der Waals surface area contributed by atoms with Gasteiger partial charge in [0.2, 0.25) is 0 Å². The summed E-state index contributed by atoms with van der Waals surface area (Å²) in [6.07, 6.45) is 20.9. The summed E-state index contributed by atoms with van der Waals surface area (Å²) < 4.78 is 0. The molecule has 1 unspecified atom stereocenters. The number of nitrogens with one attached hydrogen (secondary N) is 4. The molecule has 6 nitrogen and oxygen atoms in total. The molecular formula is C26H34N6. The number of aromatic amines is 2. The van der Waals surface area contributed by atoms with E-state index in [9.17, 15) is 0 Å². The molecule has 0 bridgehead atoms. The average molecular weight is 431 g/mol. The van der Waals surface area contributed by atoms with Gasteiger partial charge in [-0.15, -0.1) is 0 Å². The minimum Gasteiger partial charge on any atom is -0.345 e. The van der Waals surface area contributed by atoms with Gasteiger partial charge in [-0.25, -0.2) is 9.97 Å². The van der Waals surface area contributed by atoms with E-state index < -0.39 is 0 Å². The van der Waals surface area contributed by atoms with Gasteiger partial charge in [-0.1, -0.05) is 25.3 Å². The van der Waals surface area contributed by atoms with Gasteiger partial charge in [0.1, 0.15) is 5.82 Å². The lowest BCUT2D eigenvalue weighted by molar-refractivity contribution is 0.612. The first-order chi connectivity index (χ1) is 15.7. The van der Waals surface area contributed by atoms with Crippen molar-refractivity contribution in [3.8, 4) is 0 Å². The zero-order valence-electron chi connectivity index (χ0n) is 18.8. The van der Waals surface area contributed by atoms with Gasteiger partial charge >= 0.3 is 0 Å². The predicted molar refractivity (Wildman–Crippen MR) is 132 cm³/mol. The highest BCUT2D eigenvalue weighted by molar-refractivity contribution is 5.78. The maximum atomic E-state index is 4.56. The van der Waals surface area contributed by atoms with Crippen molar-refractivity contribution in [1.29, 1.82) is 0 Å². The molecule has 2 fully saturated rings. The highest BCUT2D eigenvalue weighted by Gasteiger charge is 2.19. The SMILES string of the molecule is C1CCNC1.C=C/C(=C\C(=C)C1=CC(c2cnc[nH]2)=CCC1)c1cnc(C2CCCN2)[nH]1. The molecule has 2 aliphatic heterocycles. The topological polar surface area (TPSA) is 81.4 Å². The number of nitrogens with zero attached hydrogens (tertiary/aromatic N) is 2. The van der Waals surface area contributed by atoms with E-state index in [4.69, 9.17) is 0 Å². The number of H-pyrrole nitrogens is 2. The van der Waals surface area contributed by atoms with Crippen LogP contribution in [-0.4, -0.2) is 39.6 Å². The monoisotopic (exact) mass is 430 g/mol. The summed E-state index contributed by atoms with van der Waals surface area (Å²) in [5.41, 5.74) is 6.43. The fourth-order valence-electron chi connectivity index (χ4n) is 4.29. The molecule has 2 aromatic rings. The summed E-state index contributed by atoms with van der Waals surface area (Å²) in [5.74, 6) is 1.00. The number of hydrogen-bond donors (Lipinski definition) is 4. The Morgan fingerprint density at radius 2 is 2.00 bits per heavy atom. The fraction of sp³-hybridized carbons (Fsp3) is 0.385. The molecule has 1 atom stereocenters. The first kappa shape index (κ1) is 22.2. The van der Waals surface area contributed by atoms with Crippen molar-refractivity contribution < 1.29 is 0 Å². The summed E-state index contributed by atoms with van der Waals surface area (Å²) >= 11 is 0. The van der Waals surface area contributed by atoms with Crippen molar-refractivity contribution >= 4 is 11.1 Å². The normalized spacial score (nSPS) is 20.9. The lowest BCUT2D eigenvalue weighted by Crippen LogP contribution is -2.14. The summed E-state index contributed by atoms with van der Waals surface area (Å²) in [6.45, 7) is 11.8. The molecule has 4 heterocycles. The Balaban J connectivity index is 0.000000433. The van der Waals surface area contributed by atoms with Gasteiger partial charge in [0, 0.05) is 0 Å². The zero-order valence-corrected chi connectivity index (χ0v) is 18.8. The summed E-state index contributed by atoms with van der Waals surface area (Å²) in [5, 5.41) is 6.70. The Morgan fingerprint density at radius 3 is 2.66 bits per heavy atom. The van der Waals surface area contributed by atoms with Gasteiger partial charge in [0.15, 0.2) is 0 Å². The summed E-state index contributed by atoms with van der Waals surface area (Å²) in [7, 11) is 0. The van der Waals surface area contributed by atoms with E-state index in [1.807, 2.05) is 18.5 Å². The van der Waals surface area contributed by atoms with Crippen LogP contribution in [-0.2, 0) is 0 Å². The van der Waals surface area contributed by atoms with E-state index in [0.29, 0.717) is 6.04 Å². The first-order valence-electron chi connectivity index (χ1n) is 11.7. The maximum Gasteiger partial charge on any atom is 0.123 e. The molecular weight excluding hydrogens is 396 g/mol. The van der Waals surface area contributed by atoms with Gasteiger partial charge < -0.3 is 20.6 Å². The van der Waals surface area contributed by atoms with Crippen LogP contribution in [0.4, 0.5) is 0 Å². The van der Waals surface area contributed by atoms with Crippen molar-refractivity contribution in [3.05, 3.63) is 84.5 Å². The molecule has 0 aromatic carbocycles. The van der Waals surface area contributed by atoms with Gasteiger partial charge in [-0.2, -0.15) is 0 Å². The number of rotatable bonds is 6. The molecule has 4 N–H and O–H groups in total. The molecule has 168 valence electrons. The van der Waals surface area contributed by atoms with E-state index in [1.54, 1.807) is 6.33 Å². The molecule has 5 rings (SSSR count). The predicted octanol–water partition coefficient (Wildman–Crippen LogP) is 4.86. The molecule has 32 heavy (non-hydrogen) atoms. The van der Waals surface area contributed by atoms with Gasteiger partial charge in [-0.05, 0) is 92.6 Å². The van der Waals surface area contributed by atoms with Crippen LogP contribution in [0.1, 0.15) is 61.8 Å². The quantitative estimate of drug-likeness (QED) is 0.494. The Kier molecular flexibility index (Phi) is 7.69. The molecule has 0 amide bonds. The number of allylic oxidation sites excluding steroid dienone is 8. The number of hydrogen-bond acceptors (Lipinski definition) is 4. The summed E-state index contributed by atoms with van der Waals surface area (Å²) in [4.78, 5) is 15.3. The van der Waals surface area contributed by atoms with Crippen LogP contribution >= 0.6 is 0 Å². The second kappa shape index (κ2) is 11.1. The maximum absolute atomic E-state index is 4.56. The van der Waals surface area contributed by atoms with Crippen LogP contribution in [0.5, 0.6) is 0 Å². The molecule has 3 aliphatic rings. The van der Waals surface area contributed by atoms with Crippen molar-refractivity contribution in [2.45, 2.75) is 44.6 Å². The van der Waals surface area contributed by atoms with E-state index in [2.05, 4.69) is 62.0 Å². The Bertz CT molecular complexity index is 987. The summed E-state index contributed by atoms with van der Waals surface area (Å²) in [6, 6.07) is 0.330. The van der Waals surface area contributed by atoms with Crippen LogP contribution < -0.4 is 10.6 Å². The Morgan fingerprint density at radius 1 is 1.12 bits per heavy atom. The first-order valence-corrected chi connectivity index (χ1v) is 11.7. The highest BCUT2D eigenvalue weighted by atomic mass is 15.0. The van der Waals surface area contributed by atoms with E-state index >= 15 is 0 Å². The van der Waals surface area contributed by atoms with Gasteiger partial charge in [0.05, 0.1) is 36.2 Å². The van der Waals surface area contributed by atoms with Crippen LogP contribution in [0.3, 0.4) is 0 Å². The molecule has 0 saturated carbocycles. The third kappa shape index (κ3) is 5.64. The van der Waals surface area contributed by atoms with Crippen molar-refractivity contribution in [3.63, 3.8) is 0 Å². The fourth-order valence-corrected chi connectivity index (χ4v) is 4.29. The Hall–Kier alpha value is -2.96. The van der Waals surface area contributed by atoms with Gasteiger partial charge in [0.25, 0.3) is 0 Å². The zero-order chi connectivity index (χ0) is 22.2. The number of aromatic nitrogens is 4. The molecule has 0 radical (unpaired) electrons. The largest absolute Gasteiger partial charge is 0.345 e. The number of imidazole rings is 2. The molecule has 6 heteroatoms. The minimum absolute atomic E-state index is 0.330. The lowest BCUT2D eigenvalue weighted by Gasteiger charge is -2.14. The van der Waals surface area contributed by atoms with E-state index in [1.165, 1.54) is 43.5 Å². The molecule has 0 spiro atoms. The lowest BCUT2D eigenvalue weighted by atomic mass is 9.92. The minimum atomic E-state index is 0.330. The molecule has 2 aromatic heterocycles. The van der Waals surface area contributed by atoms with Crippen LogP contribution in [0, 0.1) is 0 Å². The van der Waals surface area contributed by atoms with Crippen LogP contribution in [0.15, 0.2) is 67.3 Å². The van der Waals surface area contributed by atoms with E-state index in [0.717, 1.165) is 54.2 Å². The molecule has 1 aliphatic carbocycles.